The summed E-state index contributed by atoms with van der Waals surface area (Å²) < 4.78 is 13.4. The molecule has 0 aliphatic carbocycles. The van der Waals surface area contributed by atoms with E-state index in [0.717, 1.165) is 46.0 Å². The molecule has 4 aromatic rings. The average Bonchev–Trinajstić information content (AvgIpc) is 3.17. The minimum Gasteiger partial charge on any atom is -0.493 e. The third kappa shape index (κ3) is 2.58. The van der Waals surface area contributed by atoms with Crippen molar-refractivity contribution < 1.29 is 9.47 Å². The number of hydrogen-bond acceptors (Lipinski definition) is 4. The van der Waals surface area contributed by atoms with Gasteiger partial charge in [-0.05, 0) is 48.9 Å². The fourth-order valence-corrected chi connectivity index (χ4v) is 4.35. The van der Waals surface area contributed by atoms with Gasteiger partial charge >= 0.3 is 0 Å². The van der Waals surface area contributed by atoms with Gasteiger partial charge in [0.2, 0.25) is 0 Å². The summed E-state index contributed by atoms with van der Waals surface area (Å²) in [6.07, 6.45) is -0.0305. The van der Waals surface area contributed by atoms with Crippen LogP contribution < -0.4 is 14.4 Å². The van der Waals surface area contributed by atoms with Gasteiger partial charge in [-0.3, -0.25) is 4.57 Å². The smallest absolute Gasteiger partial charge is 0.161 e. The third-order valence-corrected chi connectivity index (χ3v) is 5.64. The minimum atomic E-state index is -0.0305. The lowest BCUT2D eigenvalue weighted by Crippen LogP contribution is -2.37. The number of nitrogens with zero attached hydrogens (tertiary/aromatic N) is 3. The molecule has 0 fully saturated rings. The molecule has 5 rings (SSSR count). The Labute approximate surface area is 170 Å². The number of imidazole rings is 1. The molecule has 0 bridgehead atoms. The Hall–Kier alpha value is -3.47. The first-order chi connectivity index (χ1) is 14.3. The standard InChI is InChI=1S/C24H23N3O2/c1-4-26-19-11-7-5-9-17(19)23-25-18-10-6-8-12-20(18)27(23)24(26)16-13-14-21(28-2)22(15-16)29-3/h5-15,24H,4H2,1-3H3/t24-/m0/s1. The molecule has 146 valence electrons. The van der Waals surface area contributed by atoms with Gasteiger partial charge in [0.25, 0.3) is 0 Å². The van der Waals surface area contributed by atoms with Crippen LogP contribution in [0.1, 0.15) is 18.7 Å². The Balaban J connectivity index is 1.82. The van der Waals surface area contributed by atoms with E-state index in [1.54, 1.807) is 14.2 Å². The molecule has 0 saturated carbocycles. The summed E-state index contributed by atoms with van der Waals surface area (Å²) in [5.41, 5.74) is 5.60. The van der Waals surface area contributed by atoms with Gasteiger partial charge in [-0.15, -0.1) is 0 Å². The van der Waals surface area contributed by atoms with Crippen molar-refractivity contribution in [1.82, 2.24) is 9.55 Å². The Morgan fingerprint density at radius 1 is 0.897 bits per heavy atom. The number of hydrogen-bond donors (Lipinski definition) is 0. The first kappa shape index (κ1) is 17.6. The van der Waals surface area contributed by atoms with E-state index >= 15 is 0 Å². The van der Waals surface area contributed by atoms with Gasteiger partial charge in [-0.1, -0.05) is 30.3 Å². The van der Waals surface area contributed by atoms with E-state index < -0.39 is 0 Å². The van der Waals surface area contributed by atoms with Crippen molar-refractivity contribution in [2.75, 3.05) is 25.7 Å². The third-order valence-electron chi connectivity index (χ3n) is 5.64. The van der Waals surface area contributed by atoms with Crippen LogP contribution in [-0.2, 0) is 0 Å². The van der Waals surface area contributed by atoms with Crippen LogP contribution in [0.3, 0.4) is 0 Å². The molecule has 5 nitrogen and oxygen atoms in total. The number of methoxy groups -OCH3 is 2. The Morgan fingerprint density at radius 3 is 2.45 bits per heavy atom. The number of rotatable bonds is 4. The van der Waals surface area contributed by atoms with Crippen molar-refractivity contribution >= 4 is 16.7 Å². The van der Waals surface area contributed by atoms with Crippen molar-refractivity contribution in [3.8, 4) is 22.9 Å². The molecular weight excluding hydrogens is 362 g/mol. The maximum atomic E-state index is 5.59. The molecule has 0 saturated heterocycles. The van der Waals surface area contributed by atoms with E-state index in [2.05, 4.69) is 71.0 Å². The highest BCUT2D eigenvalue weighted by molar-refractivity contribution is 5.87. The summed E-state index contributed by atoms with van der Waals surface area (Å²) in [5, 5.41) is 0. The predicted molar refractivity (Wildman–Crippen MR) is 116 cm³/mol. The maximum absolute atomic E-state index is 5.59. The van der Waals surface area contributed by atoms with E-state index in [1.807, 2.05) is 12.1 Å². The molecule has 0 N–H and O–H groups in total. The van der Waals surface area contributed by atoms with Gasteiger partial charge in [-0.2, -0.15) is 0 Å². The van der Waals surface area contributed by atoms with Gasteiger partial charge in [0, 0.05) is 17.8 Å². The topological polar surface area (TPSA) is 39.5 Å². The van der Waals surface area contributed by atoms with Crippen molar-refractivity contribution in [1.29, 1.82) is 0 Å². The monoisotopic (exact) mass is 385 g/mol. The number of fused-ring (bicyclic) bond motifs is 5. The zero-order chi connectivity index (χ0) is 20.0. The van der Waals surface area contributed by atoms with E-state index in [0.29, 0.717) is 0 Å². The molecule has 1 aromatic heterocycles. The molecule has 0 unspecified atom stereocenters. The molecular formula is C24H23N3O2. The van der Waals surface area contributed by atoms with Gasteiger partial charge in [0.15, 0.2) is 11.5 Å². The zero-order valence-corrected chi connectivity index (χ0v) is 16.8. The summed E-state index contributed by atoms with van der Waals surface area (Å²) in [7, 11) is 3.33. The largest absolute Gasteiger partial charge is 0.493 e. The van der Waals surface area contributed by atoms with E-state index in [1.165, 1.54) is 5.69 Å². The molecule has 5 heteroatoms. The molecule has 1 aliphatic rings. The second kappa shape index (κ2) is 6.85. The zero-order valence-electron chi connectivity index (χ0n) is 16.8. The number of aromatic nitrogens is 2. The predicted octanol–water partition coefficient (Wildman–Crippen LogP) is 5.11. The number of benzene rings is 3. The lowest BCUT2D eigenvalue weighted by Gasteiger charge is -2.40. The summed E-state index contributed by atoms with van der Waals surface area (Å²) in [4.78, 5) is 7.41. The SMILES string of the molecule is CCN1c2ccccc2-c2nc3ccccc3n2[C@H]1c1ccc(OC)c(OC)c1. The Morgan fingerprint density at radius 2 is 1.66 bits per heavy atom. The van der Waals surface area contributed by atoms with E-state index in [4.69, 9.17) is 14.5 Å². The molecule has 0 amide bonds. The second-order valence-electron chi connectivity index (χ2n) is 7.09. The van der Waals surface area contributed by atoms with Crippen LogP contribution in [0.2, 0.25) is 0 Å². The molecule has 1 aliphatic heterocycles. The minimum absolute atomic E-state index is 0.0305. The number of anilines is 1. The summed E-state index contributed by atoms with van der Waals surface area (Å²) in [6, 6.07) is 23.0. The number of para-hydroxylation sites is 3. The maximum Gasteiger partial charge on any atom is 0.161 e. The normalized spacial score (nSPS) is 15.1. The molecule has 0 radical (unpaired) electrons. The van der Waals surface area contributed by atoms with Gasteiger partial charge in [-0.25, -0.2) is 4.98 Å². The van der Waals surface area contributed by atoms with E-state index in [9.17, 15) is 0 Å². The molecule has 0 spiro atoms. The highest BCUT2D eigenvalue weighted by Crippen LogP contribution is 2.45. The van der Waals surface area contributed by atoms with Crippen LogP contribution in [0, 0.1) is 0 Å². The Kier molecular flexibility index (Phi) is 4.16. The first-order valence-corrected chi connectivity index (χ1v) is 9.81. The fourth-order valence-electron chi connectivity index (χ4n) is 4.35. The molecule has 2 heterocycles. The quantitative estimate of drug-likeness (QED) is 0.490. The summed E-state index contributed by atoms with van der Waals surface area (Å²) >= 11 is 0. The van der Waals surface area contributed by atoms with Gasteiger partial charge < -0.3 is 14.4 Å². The van der Waals surface area contributed by atoms with E-state index in [-0.39, 0.29) is 6.17 Å². The fraction of sp³-hybridized carbons (Fsp3) is 0.208. The van der Waals surface area contributed by atoms with Crippen LogP contribution in [0.4, 0.5) is 5.69 Å². The van der Waals surface area contributed by atoms with Gasteiger partial charge in [0.1, 0.15) is 12.0 Å². The number of ether oxygens (including phenoxy) is 2. The summed E-state index contributed by atoms with van der Waals surface area (Å²) in [6.45, 7) is 3.05. The Bertz CT molecular complexity index is 1200. The van der Waals surface area contributed by atoms with Crippen LogP contribution in [0.25, 0.3) is 22.4 Å². The first-order valence-electron chi connectivity index (χ1n) is 9.81. The average molecular weight is 385 g/mol. The highest BCUT2D eigenvalue weighted by Gasteiger charge is 2.33. The van der Waals surface area contributed by atoms with Crippen LogP contribution in [0.15, 0.2) is 66.7 Å². The molecule has 29 heavy (non-hydrogen) atoms. The van der Waals surface area contributed by atoms with Crippen molar-refractivity contribution in [2.24, 2.45) is 0 Å². The molecule has 1 atom stereocenters. The van der Waals surface area contributed by atoms with Crippen LogP contribution in [0.5, 0.6) is 11.5 Å². The van der Waals surface area contributed by atoms with Crippen molar-refractivity contribution in [3.05, 3.63) is 72.3 Å². The second-order valence-corrected chi connectivity index (χ2v) is 7.09. The van der Waals surface area contributed by atoms with Crippen LogP contribution >= 0.6 is 0 Å². The van der Waals surface area contributed by atoms with Gasteiger partial charge in [0.05, 0.1) is 25.3 Å². The highest BCUT2D eigenvalue weighted by atomic mass is 16.5. The lowest BCUT2D eigenvalue weighted by molar-refractivity contribution is 0.354. The van der Waals surface area contributed by atoms with Crippen molar-refractivity contribution in [3.63, 3.8) is 0 Å². The van der Waals surface area contributed by atoms with Crippen molar-refractivity contribution in [2.45, 2.75) is 13.1 Å². The summed E-state index contributed by atoms with van der Waals surface area (Å²) in [5.74, 6) is 2.45. The van der Waals surface area contributed by atoms with Crippen LogP contribution in [-0.4, -0.2) is 30.3 Å². The lowest BCUT2D eigenvalue weighted by atomic mass is 10.0. The molecule has 3 aromatic carbocycles.